The molecule has 1 aromatic rings. The van der Waals surface area contributed by atoms with Crippen LogP contribution in [0.4, 0.5) is 0 Å². The number of likely N-dealkylation sites (tertiary alicyclic amines) is 1. The fraction of sp³-hybridized carbons (Fsp3) is 0.542. The number of nitrogens with zero attached hydrogens (tertiary/aromatic N) is 1. The van der Waals surface area contributed by atoms with Crippen molar-refractivity contribution in [2.75, 3.05) is 18.6 Å². The largest absolute Gasteiger partial charge is 0.508 e. The molecule has 0 spiro atoms. The molecule has 1 fully saturated rings. The Kier molecular flexibility index (Phi) is 11.7. The molecule has 2 rings (SSSR count). The highest BCUT2D eigenvalue weighted by atomic mass is 32.2. The molecule has 4 unspecified atom stereocenters. The first kappa shape index (κ1) is 29.9. The van der Waals surface area contributed by atoms with E-state index in [1.807, 2.05) is 6.26 Å². The number of phenols is 1. The number of hydrogen-bond acceptors (Lipinski definition) is 8. The van der Waals surface area contributed by atoms with E-state index in [0.29, 0.717) is 24.2 Å². The second kappa shape index (κ2) is 14.4. The number of benzene rings is 1. The van der Waals surface area contributed by atoms with Crippen molar-refractivity contribution in [1.29, 1.82) is 0 Å². The van der Waals surface area contributed by atoms with Crippen molar-refractivity contribution in [3.63, 3.8) is 0 Å². The van der Waals surface area contributed by atoms with Gasteiger partial charge in [0.05, 0.1) is 6.04 Å². The predicted octanol–water partition coefficient (Wildman–Crippen LogP) is -0.0749. The molecule has 13 heteroatoms. The molecular formula is C24H34N4O8S. The van der Waals surface area contributed by atoms with Crippen LogP contribution in [0.5, 0.6) is 5.75 Å². The zero-order valence-electron chi connectivity index (χ0n) is 20.6. The van der Waals surface area contributed by atoms with Gasteiger partial charge in [0.2, 0.25) is 17.7 Å². The topological polar surface area (TPSA) is 199 Å². The van der Waals surface area contributed by atoms with E-state index >= 15 is 0 Å². The number of amides is 3. The summed E-state index contributed by atoms with van der Waals surface area (Å²) in [5.74, 6) is -3.53. The molecule has 12 nitrogen and oxygen atoms in total. The van der Waals surface area contributed by atoms with Gasteiger partial charge in [-0.1, -0.05) is 12.1 Å². The van der Waals surface area contributed by atoms with Gasteiger partial charge in [0, 0.05) is 19.4 Å². The first-order valence-electron chi connectivity index (χ1n) is 11.9. The third-order valence-electron chi connectivity index (χ3n) is 6.06. The van der Waals surface area contributed by atoms with E-state index in [0.717, 1.165) is 0 Å². The molecule has 0 saturated carbocycles. The van der Waals surface area contributed by atoms with Gasteiger partial charge in [-0.25, -0.2) is 4.79 Å². The fourth-order valence-electron chi connectivity index (χ4n) is 4.02. The smallest absolute Gasteiger partial charge is 0.326 e. The lowest BCUT2D eigenvalue weighted by molar-refractivity contribution is -0.145. The molecule has 1 aromatic carbocycles. The highest BCUT2D eigenvalue weighted by Gasteiger charge is 2.39. The van der Waals surface area contributed by atoms with Crippen molar-refractivity contribution in [3.8, 4) is 5.75 Å². The Morgan fingerprint density at radius 1 is 1.08 bits per heavy atom. The van der Waals surface area contributed by atoms with E-state index in [4.69, 9.17) is 10.8 Å². The van der Waals surface area contributed by atoms with Crippen LogP contribution >= 0.6 is 11.8 Å². The summed E-state index contributed by atoms with van der Waals surface area (Å²) >= 11 is 1.45. The highest BCUT2D eigenvalue weighted by Crippen LogP contribution is 2.21. The zero-order chi connectivity index (χ0) is 27.5. The van der Waals surface area contributed by atoms with Crippen LogP contribution in [0.2, 0.25) is 0 Å². The lowest BCUT2D eigenvalue weighted by Crippen LogP contribution is -2.57. The summed E-state index contributed by atoms with van der Waals surface area (Å²) < 4.78 is 0. The first-order valence-corrected chi connectivity index (χ1v) is 13.3. The van der Waals surface area contributed by atoms with Gasteiger partial charge in [0.1, 0.15) is 23.9 Å². The van der Waals surface area contributed by atoms with Crippen LogP contribution in [0.1, 0.15) is 37.7 Å². The predicted molar refractivity (Wildman–Crippen MR) is 136 cm³/mol. The Morgan fingerprint density at radius 2 is 1.76 bits per heavy atom. The number of carboxylic acids is 2. The van der Waals surface area contributed by atoms with Crippen LogP contribution < -0.4 is 16.4 Å². The fourth-order valence-corrected chi connectivity index (χ4v) is 4.49. The van der Waals surface area contributed by atoms with E-state index in [9.17, 15) is 34.2 Å². The minimum absolute atomic E-state index is 0.0251. The number of aliphatic carboxylic acids is 2. The summed E-state index contributed by atoms with van der Waals surface area (Å²) in [4.78, 5) is 63.0. The van der Waals surface area contributed by atoms with E-state index < -0.39 is 53.8 Å². The summed E-state index contributed by atoms with van der Waals surface area (Å²) in [6.07, 6.45) is 2.51. The molecule has 0 bridgehead atoms. The summed E-state index contributed by atoms with van der Waals surface area (Å²) in [6.45, 7) is 0.243. The van der Waals surface area contributed by atoms with Crippen LogP contribution in [0.25, 0.3) is 0 Å². The summed E-state index contributed by atoms with van der Waals surface area (Å²) in [6, 6.07) is 1.78. The van der Waals surface area contributed by atoms with Crippen LogP contribution in [0, 0.1) is 0 Å². The number of nitrogens with two attached hydrogens (primary N) is 1. The maximum Gasteiger partial charge on any atom is 0.326 e. The number of nitrogens with one attached hydrogen (secondary N) is 2. The van der Waals surface area contributed by atoms with Gasteiger partial charge in [-0.2, -0.15) is 11.8 Å². The quantitative estimate of drug-likeness (QED) is 0.186. The van der Waals surface area contributed by atoms with Crippen molar-refractivity contribution in [1.82, 2.24) is 15.5 Å². The van der Waals surface area contributed by atoms with E-state index in [1.165, 1.54) is 28.8 Å². The van der Waals surface area contributed by atoms with Gasteiger partial charge in [-0.15, -0.1) is 0 Å². The molecule has 37 heavy (non-hydrogen) atoms. The second-order valence-corrected chi connectivity index (χ2v) is 9.83. The minimum atomic E-state index is -1.16. The summed E-state index contributed by atoms with van der Waals surface area (Å²) in [7, 11) is 0. The average Bonchev–Trinajstić information content (AvgIpc) is 3.35. The molecule has 204 valence electrons. The SMILES string of the molecule is CSCCC(NC(=O)C1CCCN1C(=O)C(Cc1ccc(O)cc1)NC(=O)C(N)CCC(=O)O)C(=O)O. The average molecular weight is 539 g/mol. The van der Waals surface area contributed by atoms with Gasteiger partial charge >= 0.3 is 11.9 Å². The van der Waals surface area contributed by atoms with Gasteiger partial charge in [0.15, 0.2) is 0 Å². The highest BCUT2D eigenvalue weighted by molar-refractivity contribution is 7.98. The maximum atomic E-state index is 13.6. The molecule has 1 aliphatic heterocycles. The van der Waals surface area contributed by atoms with E-state index in [2.05, 4.69) is 10.6 Å². The van der Waals surface area contributed by atoms with E-state index in [-0.39, 0.29) is 38.0 Å². The van der Waals surface area contributed by atoms with Crippen molar-refractivity contribution < 1.29 is 39.3 Å². The van der Waals surface area contributed by atoms with Crippen molar-refractivity contribution in [3.05, 3.63) is 29.8 Å². The minimum Gasteiger partial charge on any atom is -0.508 e. The van der Waals surface area contributed by atoms with Gasteiger partial charge in [-0.3, -0.25) is 19.2 Å². The van der Waals surface area contributed by atoms with Crippen LogP contribution in [0.15, 0.2) is 24.3 Å². The molecule has 4 atom stereocenters. The Bertz CT molecular complexity index is 974. The van der Waals surface area contributed by atoms with E-state index in [1.54, 1.807) is 12.1 Å². The normalized spacial score (nSPS) is 17.5. The monoisotopic (exact) mass is 538 g/mol. The molecule has 1 saturated heterocycles. The number of carboxylic acid groups (broad SMARTS) is 2. The summed E-state index contributed by atoms with van der Waals surface area (Å²) in [5.41, 5.74) is 6.45. The third kappa shape index (κ3) is 9.25. The molecule has 0 aliphatic carbocycles. The molecule has 7 N–H and O–H groups in total. The molecule has 0 aromatic heterocycles. The number of thioether (sulfide) groups is 1. The lowest BCUT2D eigenvalue weighted by Gasteiger charge is -2.30. The number of hydrogen-bond donors (Lipinski definition) is 6. The molecular weight excluding hydrogens is 504 g/mol. The lowest BCUT2D eigenvalue weighted by atomic mass is 10.0. The molecule has 0 radical (unpaired) electrons. The van der Waals surface area contributed by atoms with Crippen molar-refractivity contribution in [2.24, 2.45) is 5.73 Å². The number of rotatable bonds is 14. The Morgan fingerprint density at radius 3 is 2.35 bits per heavy atom. The third-order valence-corrected chi connectivity index (χ3v) is 6.70. The van der Waals surface area contributed by atoms with Gasteiger partial charge < -0.3 is 36.6 Å². The Labute approximate surface area is 219 Å². The standard InChI is InChI=1S/C24H34N4O8S/c1-37-12-10-17(24(35)36)26-22(33)19-3-2-11-28(19)23(34)18(13-14-4-6-15(29)7-5-14)27-21(32)16(25)8-9-20(30)31/h4-7,16-19,29H,2-3,8-13,25H2,1H3,(H,26,33)(H,27,32)(H,30,31)(H,35,36). The van der Waals surface area contributed by atoms with Crippen LogP contribution in [-0.4, -0.2) is 92.6 Å². The molecule has 3 amide bonds. The van der Waals surface area contributed by atoms with Crippen LogP contribution in [0.3, 0.4) is 0 Å². The van der Waals surface area contributed by atoms with Crippen molar-refractivity contribution >= 4 is 41.4 Å². The number of carbonyl (C=O) groups excluding carboxylic acids is 3. The summed E-state index contributed by atoms with van der Waals surface area (Å²) in [5, 5.41) is 33.0. The zero-order valence-corrected chi connectivity index (χ0v) is 21.4. The molecule has 1 heterocycles. The number of aromatic hydroxyl groups is 1. The first-order chi connectivity index (χ1) is 17.5. The maximum absolute atomic E-state index is 13.6. The second-order valence-electron chi connectivity index (χ2n) is 8.84. The van der Waals surface area contributed by atoms with Crippen LogP contribution in [-0.2, 0) is 30.4 Å². The Hall–Kier alpha value is -3.32. The van der Waals surface area contributed by atoms with Gasteiger partial charge in [-0.05, 0) is 55.4 Å². The number of carbonyl (C=O) groups is 5. The van der Waals surface area contributed by atoms with Gasteiger partial charge in [0.25, 0.3) is 0 Å². The molecule has 1 aliphatic rings. The Balaban J connectivity index is 2.20. The van der Waals surface area contributed by atoms with Crippen molar-refractivity contribution in [2.45, 2.75) is 62.7 Å². The number of phenolic OH excluding ortho intramolecular Hbond substituents is 1.